The van der Waals surface area contributed by atoms with Gasteiger partial charge in [-0.05, 0) is 48.1 Å². The molecule has 1 aromatic carbocycles. The zero-order valence-corrected chi connectivity index (χ0v) is 17.5. The van der Waals surface area contributed by atoms with Gasteiger partial charge in [-0.25, -0.2) is 9.38 Å². The van der Waals surface area contributed by atoms with Crippen LogP contribution in [0.25, 0.3) is 10.9 Å². The number of amides is 1. The molecule has 2 heterocycles. The largest absolute Gasteiger partial charge is 0.361 e. The Balaban J connectivity index is 1.57. The summed E-state index contributed by atoms with van der Waals surface area (Å²) in [5, 5.41) is 9.66. The number of hydrogen-bond acceptors (Lipinski definition) is 3. The molecule has 3 rings (SSSR count). The lowest BCUT2D eigenvalue weighted by atomic mass is 10.1. The van der Waals surface area contributed by atoms with Gasteiger partial charge in [0.1, 0.15) is 12.4 Å². The zero-order valence-electron chi connectivity index (χ0n) is 16.7. The maximum atomic E-state index is 13.3. The number of benzene rings is 1. The molecule has 0 aliphatic carbocycles. The number of aromatic amines is 1. The highest BCUT2D eigenvalue weighted by Gasteiger charge is 2.07. The van der Waals surface area contributed by atoms with Crippen LogP contribution in [0.2, 0.25) is 0 Å². The monoisotopic (exact) mass is 415 g/mol. The van der Waals surface area contributed by atoms with Crippen LogP contribution < -0.4 is 10.6 Å². The fourth-order valence-corrected chi connectivity index (χ4v) is 3.61. The Hall–Kier alpha value is -2.87. The predicted octanol–water partition coefficient (Wildman–Crippen LogP) is 2.78. The van der Waals surface area contributed by atoms with Crippen molar-refractivity contribution in [3.05, 3.63) is 58.2 Å². The van der Waals surface area contributed by atoms with Crippen molar-refractivity contribution in [1.82, 2.24) is 20.5 Å². The number of H-pyrrole nitrogens is 1. The van der Waals surface area contributed by atoms with E-state index in [2.05, 4.69) is 32.1 Å². The lowest BCUT2D eigenvalue weighted by Gasteiger charge is -2.13. The third-order valence-electron chi connectivity index (χ3n) is 4.53. The molecule has 0 saturated heterocycles. The number of aromatic nitrogens is 1. The number of carbonyl (C=O) groups is 1. The predicted molar refractivity (Wildman–Crippen MR) is 117 cm³/mol. The summed E-state index contributed by atoms with van der Waals surface area (Å²) in [6, 6.07) is 8.90. The minimum absolute atomic E-state index is 0.0528. The van der Waals surface area contributed by atoms with Crippen molar-refractivity contribution in [3.63, 3.8) is 0 Å². The van der Waals surface area contributed by atoms with Crippen LogP contribution in [0.15, 0.2) is 46.9 Å². The fraction of sp³-hybridized carbons (Fsp3) is 0.333. The van der Waals surface area contributed by atoms with Crippen LogP contribution in [-0.4, -0.2) is 55.5 Å². The molecule has 0 radical (unpaired) electrons. The quantitative estimate of drug-likeness (QED) is 0.391. The molecule has 6 nitrogen and oxygen atoms in total. The number of halogens is 1. The first-order chi connectivity index (χ1) is 14.0. The summed E-state index contributed by atoms with van der Waals surface area (Å²) in [6.45, 7) is 1.47. The maximum absolute atomic E-state index is 13.3. The number of carbonyl (C=O) groups excluding carboxylic acids is 1. The zero-order chi connectivity index (χ0) is 20.6. The second-order valence-electron chi connectivity index (χ2n) is 6.89. The molecule has 0 spiro atoms. The van der Waals surface area contributed by atoms with E-state index in [1.165, 1.54) is 21.9 Å². The van der Waals surface area contributed by atoms with Gasteiger partial charge in [0.25, 0.3) is 0 Å². The van der Waals surface area contributed by atoms with Gasteiger partial charge in [-0.3, -0.25) is 4.79 Å². The highest BCUT2D eigenvalue weighted by Crippen LogP contribution is 2.19. The SMILES string of the molecule is CN(C)C(=O)CN=C(NCCc1cccs1)NCCc1c[nH]c2cc(F)ccc12. The Bertz CT molecular complexity index is 965. The highest BCUT2D eigenvalue weighted by atomic mass is 32.1. The Labute approximate surface area is 173 Å². The lowest BCUT2D eigenvalue weighted by molar-refractivity contribution is -0.127. The Morgan fingerprint density at radius 3 is 2.72 bits per heavy atom. The van der Waals surface area contributed by atoms with Crippen LogP contribution >= 0.6 is 11.3 Å². The molecular formula is C21H26FN5OS. The van der Waals surface area contributed by atoms with E-state index < -0.39 is 0 Å². The summed E-state index contributed by atoms with van der Waals surface area (Å²) in [7, 11) is 3.43. The van der Waals surface area contributed by atoms with Gasteiger partial charge in [-0.15, -0.1) is 11.3 Å². The van der Waals surface area contributed by atoms with Crippen LogP contribution in [0.3, 0.4) is 0 Å². The average molecular weight is 416 g/mol. The molecule has 0 bridgehead atoms. The smallest absolute Gasteiger partial charge is 0.243 e. The van der Waals surface area contributed by atoms with Crippen LogP contribution in [0.1, 0.15) is 10.4 Å². The number of thiophene rings is 1. The molecule has 3 aromatic rings. The molecule has 0 aliphatic rings. The lowest BCUT2D eigenvalue weighted by Crippen LogP contribution is -2.40. The van der Waals surface area contributed by atoms with Gasteiger partial charge in [0.05, 0.1) is 0 Å². The number of fused-ring (bicyclic) bond motifs is 1. The van der Waals surface area contributed by atoms with Crippen molar-refractivity contribution in [2.24, 2.45) is 4.99 Å². The van der Waals surface area contributed by atoms with Crippen LogP contribution in [0.5, 0.6) is 0 Å². The average Bonchev–Trinajstić information content (AvgIpc) is 3.35. The topological polar surface area (TPSA) is 72.5 Å². The third-order valence-corrected chi connectivity index (χ3v) is 5.47. The van der Waals surface area contributed by atoms with Crippen LogP contribution in [-0.2, 0) is 17.6 Å². The van der Waals surface area contributed by atoms with E-state index in [1.54, 1.807) is 31.5 Å². The molecule has 0 saturated carbocycles. The molecule has 8 heteroatoms. The van der Waals surface area contributed by atoms with Crippen molar-refractivity contribution >= 4 is 34.1 Å². The molecule has 29 heavy (non-hydrogen) atoms. The molecule has 3 N–H and O–H groups in total. The van der Waals surface area contributed by atoms with Crippen LogP contribution in [0.4, 0.5) is 4.39 Å². The summed E-state index contributed by atoms with van der Waals surface area (Å²) in [5.41, 5.74) is 1.90. The first kappa shape index (κ1) is 20.9. The summed E-state index contributed by atoms with van der Waals surface area (Å²) >= 11 is 1.72. The molecule has 1 amide bonds. The van der Waals surface area contributed by atoms with E-state index in [9.17, 15) is 9.18 Å². The molecule has 0 unspecified atom stereocenters. The number of hydrogen-bond donors (Lipinski definition) is 3. The number of nitrogens with one attached hydrogen (secondary N) is 3. The van der Waals surface area contributed by atoms with Gasteiger partial charge in [-0.2, -0.15) is 0 Å². The number of rotatable bonds is 8. The van der Waals surface area contributed by atoms with Gasteiger partial charge >= 0.3 is 0 Å². The van der Waals surface area contributed by atoms with Gasteiger partial charge < -0.3 is 20.5 Å². The van der Waals surface area contributed by atoms with Crippen LogP contribution in [0, 0.1) is 5.82 Å². The van der Waals surface area contributed by atoms with Crippen molar-refractivity contribution in [3.8, 4) is 0 Å². The van der Waals surface area contributed by atoms with Crippen molar-refractivity contribution < 1.29 is 9.18 Å². The Kier molecular flexibility index (Phi) is 7.24. The summed E-state index contributed by atoms with van der Waals surface area (Å²) in [5.74, 6) is 0.310. The number of aliphatic imine (C=N–C) groups is 1. The summed E-state index contributed by atoms with van der Waals surface area (Å²) in [6.07, 6.45) is 3.55. The maximum Gasteiger partial charge on any atom is 0.243 e. The van der Waals surface area contributed by atoms with E-state index in [0.717, 1.165) is 35.9 Å². The van der Waals surface area contributed by atoms with Crippen molar-refractivity contribution in [2.45, 2.75) is 12.8 Å². The van der Waals surface area contributed by atoms with E-state index in [4.69, 9.17) is 0 Å². The number of nitrogens with zero attached hydrogens (tertiary/aromatic N) is 2. The van der Waals surface area contributed by atoms with E-state index >= 15 is 0 Å². The van der Waals surface area contributed by atoms with Crippen molar-refractivity contribution in [1.29, 1.82) is 0 Å². The molecule has 0 aliphatic heterocycles. The normalized spacial score (nSPS) is 11.6. The molecular weight excluding hydrogens is 389 g/mol. The molecule has 2 aromatic heterocycles. The number of guanidine groups is 1. The molecule has 154 valence electrons. The Morgan fingerprint density at radius 2 is 2.00 bits per heavy atom. The van der Waals surface area contributed by atoms with E-state index in [0.29, 0.717) is 12.5 Å². The van der Waals surface area contributed by atoms with Gasteiger partial charge in [-0.1, -0.05) is 6.07 Å². The highest BCUT2D eigenvalue weighted by molar-refractivity contribution is 7.09. The van der Waals surface area contributed by atoms with Gasteiger partial charge in [0, 0.05) is 49.2 Å². The minimum atomic E-state index is -0.251. The molecule has 0 atom stereocenters. The number of likely N-dealkylation sites (N-methyl/N-ethyl adjacent to an activating group) is 1. The molecule has 0 fully saturated rings. The van der Waals surface area contributed by atoms with E-state index in [1.807, 2.05) is 12.3 Å². The summed E-state index contributed by atoms with van der Waals surface area (Å²) < 4.78 is 13.3. The van der Waals surface area contributed by atoms with Gasteiger partial charge in [0.15, 0.2) is 5.96 Å². The Morgan fingerprint density at radius 1 is 1.21 bits per heavy atom. The second-order valence-corrected chi connectivity index (χ2v) is 7.92. The standard InChI is InChI=1S/C21H26FN5OS/c1-27(2)20(28)14-26-21(24-10-8-17-4-3-11-29-17)23-9-7-15-13-25-19-12-16(22)5-6-18(15)19/h3-6,11-13,25H,7-10,14H2,1-2H3,(H2,23,24,26). The van der Waals surface area contributed by atoms with E-state index in [-0.39, 0.29) is 18.3 Å². The second kappa shape index (κ2) is 10.1. The third kappa shape index (κ3) is 6.05. The fourth-order valence-electron chi connectivity index (χ4n) is 2.90. The first-order valence-electron chi connectivity index (χ1n) is 9.53. The van der Waals surface area contributed by atoms with Gasteiger partial charge in [0.2, 0.25) is 5.91 Å². The minimum Gasteiger partial charge on any atom is -0.361 e. The summed E-state index contributed by atoms with van der Waals surface area (Å²) in [4.78, 5) is 22.2. The van der Waals surface area contributed by atoms with Crippen molar-refractivity contribution in [2.75, 3.05) is 33.7 Å². The first-order valence-corrected chi connectivity index (χ1v) is 10.4.